The monoisotopic (exact) mass is 416 g/mol. The van der Waals surface area contributed by atoms with Crippen LogP contribution in [0.2, 0.25) is 0 Å². The topological polar surface area (TPSA) is 59.2 Å². The molecule has 0 N–H and O–H groups in total. The van der Waals surface area contributed by atoms with Gasteiger partial charge in [0.25, 0.3) is 11.8 Å². The number of aromatic nitrogens is 2. The number of carbonyl (C=O) groups excluding carboxylic acids is 1. The Morgan fingerprint density at radius 2 is 2.00 bits per heavy atom. The lowest BCUT2D eigenvalue weighted by atomic mass is 10.1. The summed E-state index contributed by atoms with van der Waals surface area (Å²) < 4.78 is 73.1. The predicted molar refractivity (Wildman–Crippen MR) is 94.8 cm³/mol. The van der Waals surface area contributed by atoms with Crippen LogP contribution < -0.4 is 0 Å². The Hall–Kier alpha value is -2.98. The highest BCUT2D eigenvalue weighted by Crippen LogP contribution is 2.34. The van der Waals surface area contributed by atoms with Crippen molar-refractivity contribution in [2.75, 3.05) is 20.2 Å². The largest absolute Gasteiger partial charge is 0.494 e. The zero-order valence-corrected chi connectivity index (χ0v) is 15.3. The zero-order chi connectivity index (χ0) is 21.4. The van der Waals surface area contributed by atoms with Crippen molar-refractivity contribution in [1.29, 1.82) is 0 Å². The first kappa shape index (κ1) is 20.7. The smallest absolute Gasteiger partial charge is 0.417 e. The normalized spacial score (nSPS) is 17.4. The van der Waals surface area contributed by atoms with Crippen LogP contribution in [0.1, 0.15) is 34.5 Å². The third kappa shape index (κ3) is 4.08. The Balaban J connectivity index is 2.12. The minimum atomic E-state index is -4.71. The number of fused-ring (bicyclic) bond motifs is 1. The summed E-state index contributed by atoms with van der Waals surface area (Å²) in [6.45, 7) is 2.85. The number of hydrogen-bond acceptors (Lipinski definition) is 4. The molecule has 0 spiro atoms. The quantitative estimate of drug-likeness (QED) is 0.432. The average molecular weight is 416 g/mol. The lowest BCUT2D eigenvalue weighted by Crippen LogP contribution is -2.43. The summed E-state index contributed by atoms with van der Waals surface area (Å²) in [5, 5.41) is 0. The van der Waals surface area contributed by atoms with Crippen molar-refractivity contribution in [3.63, 3.8) is 0 Å². The minimum Gasteiger partial charge on any atom is -0.494 e. The van der Waals surface area contributed by atoms with Crippen molar-refractivity contribution in [2.45, 2.75) is 24.9 Å². The van der Waals surface area contributed by atoms with E-state index in [4.69, 9.17) is 4.74 Å². The van der Waals surface area contributed by atoms with Crippen molar-refractivity contribution in [2.24, 2.45) is 4.99 Å². The fourth-order valence-electron chi connectivity index (χ4n) is 3.10. The molecule has 1 aliphatic heterocycles. The molecule has 0 atom stereocenters. The van der Waals surface area contributed by atoms with Crippen LogP contribution >= 0.6 is 0 Å². The van der Waals surface area contributed by atoms with Gasteiger partial charge in [0.2, 0.25) is 0 Å². The molecule has 11 heteroatoms. The number of carbonyl (C=O) groups is 1. The Morgan fingerprint density at radius 3 is 2.55 bits per heavy atom. The van der Waals surface area contributed by atoms with Gasteiger partial charge in [-0.05, 0) is 12.8 Å². The van der Waals surface area contributed by atoms with Gasteiger partial charge in [0, 0.05) is 32.1 Å². The maximum atomic E-state index is 13.4. The van der Waals surface area contributed by atoms with Crippen LogP contribution in [0.25, 0.3) is 11.4 Å². The average Bonchev–Trinajstić information content (AvgIpc) is 3.08. The van der Waals surface area contributed by atoms with Crippen LogP contribution in [0.4, 0.5) is 22.0 Å². The molecule has 156 valence electrons. The van der Waals surface area contributed by atoms with Gasteiger partial charge < -0.3 is 9.64 Å². The second-order valence-electron chi connectivity index (χ2n) is 6.51. The van der Waals surface area contributed by atoms with Crippen LogP contribution in [-0.4, -0.2) is 53.0 Å². The van der Waals surface area contributed by atoms with Gasteiger partial charge in [-0.15, -0.1) is 0 Å². The molecule has 29 heavy (non-hydrogen) atoms. The van der Waals surface area contributed by atoms with E-state index in [0.29, 0.717) is 0 Å². The molecule has 0 bridgehead atoms. The third-order valence-electron chi connectivity index (χ3n) is 4.63. The van der Waals surface area contributed by atoms with E-state index >= 15 is 0 Å². The number of hydrogen-bond donors (Lipinski definition) is 0. The first-order valence-electron chi connectivity index (χ1n) is 8.53. The summed E-state index contributed by atoms with van der Waals surface area (Å²) >= 11 is 0. The number of halogens is 5. The third-order valence-corrected chi connectivity index (χ3v) is 4.63. The number of aliphatic imine (C=N–C) groups is 1. The molecule has 0 saturated carbocycles. The van der Waals surface area contributed by atoms with Crippen molar-refractivity contribution in [3.8, 4) is 0 Å². The van der Waals surface area contributed by atoms with E-state index in [9.17, 15) is 26.7 Å². The lowest BCUT2D eigenvalue weighted by Gasteiger charge is -2.31. The molecule has 0 aromatic carbocycles. The number of amides is 1. The van der Waals surface area contributed by atoms with Gasteiger partial charge in [-0.3, -0.25) is 14.2 Å². The van der Waals surface area contributed by atoms with Gasteiger partial charge in [-0.2, -0.15) is 13.2 Å². The first-order chi connectivity index (χ1) is 13.6. The van der Waals surface area contributed by atoms with Gasteiger partial charge in [0.05, 0.1) is 30.6 Å². The SMILES string of the molecule is C=N/C=C(\OC)c1cc(C(F)(F)F)cn2c(C(=O)N3CCC(F)(F)CC3)cnc12. The number of piperidine rings is 1. The minimum absolute atomic E-state index is 0.0282. The standard InChI is InChI=1S/C18H17F5N4O2/c1-24-9-14(29-2)12-7-11(18(21,22)23)10-27-13(8-25-15(12)27)16(28)26-5-3-17(19,20)4-6-26/h7-10H,1,3-6H2,2H3/b14-9-. The molecule has 0 unspecified atom stereocenters. The second-order valence-corrected chi connectivity index (χ2v) is 6.51. The maximum Gasteiger partial charge on any atom is 0.417 e. The molecular weight excluding hydrogens is 399 g/mol. The summed E-state index contributed by atoms with van der Waals surface area (Å²) in [5.41, 5.74) is -1.22. The Morgan fingerprint density at radius 1 is 1.34 bits per heavy atom. The Labute approximate surface area is 162 Å². The summed E-state index contributed by atoms with van der Waals surface area (Å²) in [6.07, 6.45) is -2.74. The van der Waals surface area contributed by atoms with Gasteiger partial charge in [-0.25, -0.2) is 13.8 Å². The van der Waals surface area contributed by atoms with Crippen molar-refractivity contribution in [1.82, 2.24) is 14.3 Å². The highest BCUT2D eigenvalue weighted by molar-refractivity contribution is 5.94. The number of alkyl halides is 5. The van der Waals surface area contributed by atoms with Crippen LogP contribution in [0.5, 0.6) is 0 Å². The van der Waals surface area contributed by atoms with Crippen LogP contribution in [0.3, 0.4) is 0 Å². The zero-order valence-electron chi connectivity index (χ0n) is 15.3. The molecule has 0 radical (unpaired) electrons. The molecule has 1 amide bonds. The summed E-state index contributed by atoms with van der Waals surface area (Å²) in [5.74, 6) is -3.57. The number of methoxy groups -OCH3 is 1. The molecule has 3 heterocycles. The number of rotatable bonds is 4. The number of imidazole rings is 1. The number of likely N-dealkylation sites (tertiary alicyclic amines) is 1. The van der Waals surface area contributed by atoms with Crippen LogP contribution in [0.15, 0.2) is 29.7 Å². The molecule has 2 aromatic rings. The molecule has 0 aliphatic carbocycles. The first-order valence-corrected chi connectivity index (χ1v) is 8.53. The molecular formula is C18H17F5N4O2. The van der Waals surface area contributed by atoms with Crippen LogP contribution in [-0.2, 0) is 10.9 Å². The van der Waals surface area contributed by atoms with Gasteiger partial charge >= 0.3 is 6.18 Å². The Bertz CT molecular complexity index is 971. The highest BCUT2D eigenvalue weighted by atomic mass is 19.4. The predicted octanol–water partition coefficient (Wildman–Crippen LogP) is 3.87. The summed E-state index contributed by atoms with van der Waals surface area (Å²) in [4.78, 5) is 21.5. The fourth-order valence-corrected chi connectivity index (χ4v) is 3.10. The fraction of sp³-hybridized carbons (Fsp3) is 0.389. The van der Waals surface area contributed by atoms with E-state index in [-0.39, 0.29) is 35.8 Å². The molecule has 6 nitrogen and oxygen atoms in total. The molecule has 1 fully saturated rings. The van der Waals surface area contributed by atoms with E-state index in [2.05, 4.69) is 16.7 Å². The number of ether oxygens (including phenoxy) is 1. The molecule has 1 aliphatic rings. The van der Waals surface area contributed by atoms with E-state index < -0.39 is 36.4 Å². The highest BCUT2D eigenvalue weighted by Gasteiger charge is 2.37. The van der Waals surface area contributed by atoms with E-state index in [1.54, 1.807) is 0 Å². The molecule has 1 saturated heterocycles. The van der Waals surface area contributed by atoms with Crippen molar-refractivity contribution < 1.29 is 31.5 Å². The molecule has 2 aromatic heterocycles. The maximum absolute atomic E-state index is 13.4. The number of pyridine rings is 1. The lowest BCUT2D eigenvalue weighted by molar-refractivity contribution is -0.137. The van der Waals surface area contributed by atoms with Crippen molar-refractivity contribution in [3.05, 3.63) is 41.5 Å². The van der Waals surface area contributed by atoms with Gasteiger partial charge in [0.1, 0.15) is 17.1 Å². The van der Waals surface area contributed by atoms with E-state index in [0.717, 1.165) is 29.1 Å². The number of nitrogens with zero attached hydrogens (tertiary/aromatic N) is 4. The van der Waals surface area contributed by atoms with Crippen molar-refractivity contribution >= 4 is 24.0 Å². The van der Waals surface area contributed by atoms with E-state index in [1.165, 1.54) is 12.0 Å². The van der Waals surface area contributed by atoms with Crippen LogP contribution in [0, 0.1) is 0 Å². The Kier molecular flexibility index (Phi) is 5.33. The van der Waals surface area contributed by atoms with Gasteiger partial charge in [0.15, 0.2) is 0 Å². The second kappa shape index (κ2) is 7.45. The van der Waals surface area contributed by atoms with E-state index in [1.807, 2.05) is 0 Å². The van der Waals surface area contributed by atoms with Gasteiger partial charge in [-0.1, -0.05) is 0 Å². The summed E-state index contributed by atoms with van der Waals surface area (Å²) in [7, 11) is 1.25. The summed E-state index contributed by atoms with van der Waals surface area (Å²) in [6, 6.07) is 0.832. The molecule has 3 rings (SSSR count).